The predicted octanol–water partition coefficient (Wildman–Crippen LogP) is -1.88. The van der Waals surface area contributed by atoms with E-state index in [2.05, 4.69) is 4.90 Å². The number of carbonyl (C=O) groups excluding carboxylic acids is 1. The molecule has 0 aromatic heterocycles. The largest absolute Gasteiger partial charge is 0.395 e. The third-order valence-corrected chi connectivity index (χ3v) is 2.28. The molecule has 1 fully saturated rings. The fraction of sp³-hybridized carbons (Fsp3) is 0.875. The Kier molecular flexibility index (Phi) is 4.14. The van der Waals surface area contributed by atoms with E-state index in [0.29, 0.717) is 19.6 Å². The first-order valence-electron chi connectivity index (χ1n) is 4.49. The predicted molar refractivity (Wildman–Crippen MR) is 47.2 cm³/mol. The summed E-state index contributed by atoms with van der Waals surface area (Å²) in [5.41, 5.74) is 0. The van der Waals surface area contributed by atoms with Crippen molar-refractivity contribution in [3.05, 3.63) is 0 Å². The van der Waals surface area contributed by atoms with E-state index in [9.17, 15) is 4.79 Å². The van der Waals surface area contributed by atoms with Gasteiger partial charge < -0.3 is 15.1 Å². The number of hydrogen-bond acceptors (Lipinski definition) is 4. The number of aliphatic hydroxyl groups excluding tert-OH is 2. The van der Waals surface area contributed by atoms with E-state index >= 15 is 0 Å². The molecule has 2 N–H and O–H groups in total. The summed E-state index contributed by atoms with van der Waals surface area (Å²) in [5.74, 6) is -0.205. The normalized spacial score (nSPS) is 19.1. The van der Waals surface area contributed by atoms with Crippen LogP contribution in [0.2, 0.25) is 0 Å². The van der Waals surface area contributed by atoms with E-state index in [1.165, 1.54) is 0 Å². The molecular formula is C8H16N2O3. The van der Waals surface area contributed by atoms with Crippen LogP contribution in [0, 0.1) is 0 Å². The quantitative estimate of drug-likeness (QED) is 0.544. The molecule has 0 aliphatic carbocycles. The lowest BCUT2D eigenvalue weighted by atomic mass is 10.3. The van der Waals surface area contributed by atoms with E-state index in [0.717, 1.165) is 13.1 Å². The molecule has 1 aliphatic rings. The first kappa shape index (κ1) is 10.4. The van der Waals surface area contributed by atoms with Gasteiger partial charge in [0.2, 0.25) is 5.91 Å². The van der Waals surface area contributed by atoms with E-state index in [1.807, 2.05) is 0 Å². The molecule has 0 unspecified atom stereocenters. The average Bonchev–Trinajstić information content (AvgIpc) is 2.18. The molecule has 1 saturated heterocycles. The molecule has 5 nitrogen and oxygen atoms in total. The Hall–Kier alpha value is -0.650. The van der Waals surface area contributed by atoms with Gasteiger partial charge in [-0.15, -0.1) is 0 Å². The number of piperazine rings is 1. The Morgan fingerprint density at radius 2 is 1.77 bits per heavy atom. The van der Waals surface area contributed by atoms with Crippen LogP contribution in [0.25, 0.3) is 0 Å². The van der Waals surface area contributed by atoms with Gasteiger partial charge in [-0.05, 0) is 0 Å². The number of carbonyl (C=O) groups is 1. The molecule has 1 heterocycles. The number of hydrogen-bond donors (Lipinski definition) is 2. The summed E-state index contributed by atoms with van der Waals surface area (Å²) in [6, 6.07) is 0. The molecule has 5 heteroatoms. The zero-order chi connectivity index (χ0) is 9.68. The molecule has 1 amide bonds. The summed E-state index contributed by atoms with van der Waals surface area (Å²) in [5, 5.41) is 17.3. The third-order valence-electron chi connectivity index (χ3n) is 2.28. The van der Waals surface area contributed by atoms with Crippen molar-refractivity contribution in [3.8, 4) is 0 Å². The first-order chi connectivity index (χ1) is 6.27. The number of rotatable bonds is 3. The molecule has 76 valence electrons. The van der Waals surface area contributed by atoms with Gasteiger partial charge in [-0.25, -0.2) is 0 Å². The van der Waals surface area contributed by atoms with Gasteiger partial charge in [0.15, 0.2) is 0 Å². The number of aliphatic hydroxyl groups is 2. The molecule has 1 aliphatic heterocycles. The lowest BCUT2D eigenvalue weighted by molar-refractivity contribution is -0.135. The topological polar surface area (TPSA) is 64.0 Å². The van der Waals surface area contributed by atoms with E-state index in [4.69, 9.17) is 10.2 Å². The van der Waals surface area contributed by atoms with Gasteiger partial charge in [-0.1, -0.05) is 0 Å². The van der Waals surface area contributed by atoms with Crippen LogP contribution in [-0.2, 0) is 4.79 Å². The van der Waals surface area contributed by atoms with Crippen molar-refractivity contribution in [2.24, 2.45) is 0 Å². The first-order valence-corrected chi connectivity index (χ1v) is 4.49. The zero-order valence-corrected chi connectivity index (χ0v) is 7.65. The molecular weight excluding hydrogens is 172 g/mol. The summed E-state index contributed by atoms with van der Waals surface area (Å²) in [6.45, 7) is 3.30. The maximum atomic E-state index is 11.0. The lowest BCUT2D eigenvalue weighted by Crippen LogP contribution is -2.50. The highest BCUT2D eigenvalue weighted by Gasteiger charge is 2.19. The van der Waals surface area contributed by atoms with Gasteiger partial charge in [0.05, 0.1) is 6.61 Å². The summed E-state index contributed by atoms with van der Waals surface area (Å²) in [4.78, 5) is 14.8. The minimum absolute atomic E-state index is 0.161. The maximum Gasteiger partial charge on any atom is 0.248 e. The number of β-amino-alcohol motifs (C(OH)–C–C–N with tert-alkyl or cyclic N) is 1. The highest BCUT2D eigenvalue weighted by molar-refractivity contribution is 5.77. The lowest BCUT2D eigenvalue weighted by Gasteiger charge is -2.33. The van der Waals surface area contributed by atoms with Gasteiger partial charge in [0.25, 0.3) is 0 Å². The van der Waals surface area contributed by atoms with Crippen molar-refractivity contribution in [1.29, 1.82) is 0 Å². The number of nitrogens with zero attached hydrogens (tertiary/aromatic N) is 2. The molecule has 0 aromatic carbocycles. The zero-order valence-electron chi connectivity index (χ0n) is 7.65. The highest BCUT2D eigenvalue weighted by atomic mass is 16.3. The van der Waals surface area contributed by atoms with Crippen molar-refractivity contribution < 1.29 is 15.0 Å². The standard InChI is InChI=1S/C8H16N2O3/c11-6-5-9-1-3-10(4-2-9)8(13)7-12/h11-12H,1-7H2. The number of amides is 1. The van der Waals surface area contributed by atoms with Crippen LogP contribution in [0.15, 0.2) is 0 Å². The summed E-state index contributed by atoms with van der Waals surface area (Å²) in [6.07, 6.45) is 0. The Labute approximate surface area is 77.6 Å². The Morgan fingerprint density at radius 3 is 2.23 bits per heavy atom. The molecule has 0 saturated carbocycles. The minimum atomic E-state index is -0.403. The molecule has 0 radical (unpaired) electrons. The van der Waals surface area contributed by atoms with Gasteiger partial charge in [0, 0.05) is 32.7 Å². The van der Waals surface area contributed by atoms with Crippen molar-refractivity contribution in [3.63, 3.8) is 0 Å². The Bertz CT molecular complexity index is 167. The summed E-state index contributed by atoms with van der Waals surface area (Å²) < 4.78 is 0. The minimum Gasteiger partial charge on any atom is -0.395 e. The van der Waals surface area contributed by atoms with Crippen molar-refractivity contribution >= 4 is 5.91 Å². The second kappa shape index (κ2) is 5.16. The van der Waals surface area contributed by atoms with Crippen molar-refractivity contribution in [2.75, 3.05) is 45.9 Å². The van der Waals surface area contributed by atoms with Gasteiger partial charge in [-0.3, -0.25) is 9.69 Å². The van der Waals surface area contributed by atoms with Crippen LogP contribution in [0.5, 0.6) is 0 Å². The van der Waals surface area contributed by atoms with Gasteiger partial charge >= 0.3 is 0 Å². The van der Waals surface area contributed by atoms with Gasteiger partial charge in [-0.2, -0.15) is 0 Å². The second-order valence-corrected chi connectivity index (χ2v) is 3.10. The van der Waals surface area contributed by atoms with Crippen LogP contribution in [-0.4, -0.2) is 71.9 Å². The van der Waals surface area contributed by atoms with Crippen molar-refractivity contribution in [2.45, 2.75) is 0 Å². The molecule has 1 rings (SSSR count). The van der Waals surface area contributed by atoms with Crippen LogP contribution in [0.3, 0.4) is 0 Å². The third kappa shape index (κ3) is 2.95. The van der Waals surface area contributed by atoms with Crippen LogP contribution < -0.4 is 0 Å². The molecule has 0 aromatic rings. The van der Waals surface area contributed by atoms with Crippen LogP contribution in [0.4, 0.5) is 0 Å². The molecule has 0 bridgehead atoms. The van der Waals surface area contributed by atoms with Gasteiger partial charge in [0.1, 0.15) is 6.61 Å². The highest BCUT2D eigenvalue weighted by Crippen LogP contribution is 2.00. The van der Waals surface area contributed by atoms with E-state index < -0.39 is 6.61 Å². The smallest absolute Gasteiger partial charge is 0.248 e. The molecule has 0 spiro atoms. The van der Waals surface area contributed by atoms with E-state index in [-0.39, 0.29) is 12.5 Å². The fourth-order valence-electron chi connectivity index (χ4n) is 1.46. The summed E-state index contributed by atoms with van der Waals surface area (Å²) in [7, 11) is 0. The van der Waals surface area contributed by atoms with E-state index in [1.54, 1.807) is 4.90 Å². The molecule has 13 heavy (non-hydrogen) atoms. The SMILES string of the molecule is O=C(CO)N1CCN(CCO)CC1. The van der Waals surface area contributed by atoms with Crippen LogP contribution >= 0.6 is 0 Å². The monoisotopic (exact) mass is 188 g/mol. The molecule has 0 atom stereocenters. The van der Waals surface area contributed by atoms with Crippen molar-refractivity contribution in [1.82, 2.24) is 9.80 Å². The fourth-order valence-corrected chi connectivity index (χ4v) is 1.46. The maximum absolute atomic E-state index is 11.0. The van der Waals surface area contributed by atoms with Crippen LogP contribution in [0.1, 0.15) is 0 Å². The Morgan fingerprint density at radius 1 is 1.15 bits per heavy atom. The Balaban J connectivity index is 2.26. The second-order valence-electron chi connectivity index (χ2n) is 3.10. The summed E-state index contributed by atoms with van der Waals surface area (Å²) >= 11 is 0. The average molecular weight is 188 g/mol.